The number of carbonyl (C=O) groups is 1. The van der Waals surface area contributed by atoms with Crippen LogP contribution in [0.15, 0.2) is 29.0 Å². The summed E-state index contributed by atoms with van der Waals surface area (Å²) in [6.45, 7) is 0. The molecule has 4 unspecified atom stereocenters. The second kappa shape index (κ2) is 4.66. The summed E-state index contributed by atoms with van der Waals surface area (Å²) in [6, 6.07) is 5.16. The molecule has 2 aromatic heterocycles. The number of hydrogen-bond donors (Lipinski definition) is 1. The zero-order valence-electron chi connectivity index (χ0n) is 12.5. The number of Topliss-reactive ketones (excluding diaryl/α,β-unsaturated/α-hetero) is 1. The minimum absolute atomic E-state index is 0.183. The molecule has 0 spiro atoms. The van der Waals surface area contributed by atoms with Crippen LogP contribution in [0, 0.1) is 17.8 Å². The lowest BCUT2D eigenvalue weighted by Crippen LogP contribution is -2.42. The summed E-state index contributed by atoms with van der Waals surface area (Å²) in [7, 11) is 0. The lowest BCUT2D eigenvalue weighted by atomic mass is 9.61. The van der Waals surface area contributed by atoms with Crippen molar-refractivity contribution in [3.63, 3.8) is 0 Å². The number of aromatic nitrogens is 1. The molecule has 114 valence electrons. The van der Waals surface area contributed by atoms with E-state index in [0.717, 1.165) is 17.4 Å². The predicted molar refractivity (Wildman–Crippen MR) is 82.6 cm³/mol. The van der Waals surface area contributed by atoms with Gasteiger partial charge in [0.25, 0.3) is 0 Å². The summed E-state index contributed by atoms with van der Waals surface area (Å²) in [6.07, 6.45) is 9.45. The van der Waals surface area contributed by atoms with Crippen LogP contribution < -0.4 is 5.32 Å². The number of hydrogen-bond acceptors (Lipinski definition) is 4. The van der Waals surface area contributed by atoms with Crippen molar-refractivity contribution in [2.24, 2.45) is 17.8 Å². The molecule has 4 heterocycles. The molecule has 5 atom stereocenters. The monoisotopic (exact) mass is 296 g/mol. The number of carbonyl (C=O) groups excluding carboxylic acids is 1. The quantitative estimate of drug-likeness (QED) is 0.884. The zero-order valence-corrected chi connectivity index (χ0v) is 12.5. The Bertz CT molecular complexity index is 738. The Hall–Kier alpha value is -1.68. The Kier molecular flexibility index (Phi) is 2.71. The molecular weight excluding hydrogens is 276 g/mol. The first-order valence-electron chi connectivity index (χ1n) is 8.43. The van der Waals surface area contributed by atoms with Gasteiger partial charge in [-0.3, -0.25) is 4.79 Å². The predicted octanol–water partition coefficient (Wildman–Crippen LogP) is 3.18. The van der Waals surface area contributed by atoms with E-state index >= 15 is 0 Å². The van der Waals surface area contributed by atoms with Crippen LogP contribution in [-0.2, 0) is 0 Å². The van der Waals surface area contributed by atoms with E-state index in [-0.39, 0.29) is 11.7 Å². The number of ketones is 1. The van der Waals surface area contributed by atoms with E-state index in [9.17, 15) is 4.79 Å². The van der Waals surface area contributed by atoms with Crippen LogP contribution in [-0.4, -0.2) is 22.9 Å². The summed E-state index contributed by atoms with van der Waals surface area (Å²) in [5.41, 5.74) is 1.36. The topological polar surface area (TPSA) is 55.1 Å². The number of nitrogens with zero attached hydrogens (tertiary/aromatic N) is 1. The Morgan fingerprint density at radius 3 is 2.91 bits per heavy atom. The molecule has 3 fully saturated rings. The first-order valence-corrected chi connectivity index (χ1v) is 8.43. The lowest BCUT2D eigenvalue weighted by molar-refractivity contribution is 0.0557. The molecule has 1 N–H and O–H groups in total. The van der Waals surface area contributed by atoms with E-state index in [0.29, 0.717) is 29.6 Å². The molecule has 2 aromatic rings. The van der Waals surface area contributed by atoms with E-state index in [2.05, 4.69) is 10.3 Å². The van der Waals surface area contributed by atoms with Crippen molar-refractivity contribution in [3.05, 3.63) is 30.3 Å². The first-order chi connectivity index (χ1) is 10.8. The maximum absolute atomic E-state index is 12.9. The van der Waals surface area contributed by atoms with Crippen LogP contribution in [0.2, 0.25) is 0 Å². The van der Waals surface area contributed by atoms with E-state index in [1.165, 1.54) is 25.7 Å². The van der Waals surface area contributed by atoms with Crippen LogP contribution in [0.25, 0.3) is 11.0 Å². The molecule has 2 saturated heterocycles. The van der Waals surface area contributed by atoms with Gasteiger partial charge < -0.3 is 9.73 Å². The number of nitrogens with one attached hydrogen (secondary N) is 1. The highest BCUT2D eigenvalue weighted by atomic mass is 16.3. The summed E-state index contributed by atoms with van der Waals surface area (Å²) < 4.78 is 5.31. The van der Waals surface area contributed by atoms with Crippen LogP contribution in [0.1, 0.15) is 42.6 Å². The fourth-order valence-corrected chi connectivity index (χ4v) is 4.90. The molecule has 2 aliphatic heterocycles. The molecular formula is C18H20N2O2. The molecule has 4 nitrogen and oxygen atoms in total. The SMILES string of the molecule is O=C(c1cc2ccoc2cn1)C1CCC1[C@@H]1CC2CCC1N2. The van der Waals surface area contributed by atoms with E-state index in [1.54, 1.807) is 12.5 Å². The zero-order chi connectivity index (χ0) is 14.7. The van der Waals surface area contributed by atoms with Crippen LogP contribution in [0.3, 0.4) is 0 Å². The Labute approximate surface area is 129 Å². The highest BCUT2D eigenvalue weighted by Crippen LogP contribution is 2.49. The summed E-state index contributed by atoms with van der Waals surface area (Å²) >= 11 is 0. The molecule has 22 heavy (non-hydrogen) atoms. The smallest absolute Gasteiger partial charge is 0.184 e. The standard InChI is InChI=1S/C18H20N2O2/c21-18(16-7-10-5-6-22-17(10)9-19-16)13-3-2-12(13)14-8-11-1-4-15(14)20-11/h5-7,9,11-15,20H,1-4,8H2/t11?,12?,13?,14-,15?/m0/s1. The lowest BCUT2D eigenvalue weighted by Gasteiger charge is -2.42. The van der Waals surface area contributed by atoms with Gasteiger partial charge in [0.05, 0.1) is 12.5 Å². The van der Waals surface area contributed by atoms with Crippen molar-refractivity contribution in [2.75, 3.05) is 0 Å². The molecule has 3 aliphatic rings. The molecule has 2 bridgehead atoms. The molecule has 5 rings (SSSR count). The second-order valence-corrected chi connectivity index (χ2v) is 7.19. The van der Waals surface area contributed by atoms with Gasteiger partial charge in [-0.05, 0) is 56.1 Å². The number of furan rings is 1. The third kappa shape index (κ3) is 1.80. The van der Waals surface area contributed by atoms with Crippen LogP contribution in [0.4, 0.5) is 0 Å². The average Bonchev–Trinajstić information content (AvgIpc) is 3.21. The third-order valence-corrected chi connectivity index (χ3v) is 6.16. The van der Waals surface area contributed by atoms with Gasteiger partial charge in [0, 0.05) is 23.4 Å². The average molecular weight is 296 g/mol. The van der Waals surface area contributed by atoms with Gasteiger partial charge in [-0.15, -0.1) is 0 Å². The fourth-order valence-electron chi connectivity index (χ4n) is 4.90. The third-order valence-electron chi connectivity index (χ3n) is 6.16. The van der Waals surface area contributed by atoms with Gasteiger partial charge in [0.2, 0.25) is 0 Å². The van der Waals surface area contributed by atoms with E-state index in [4.69, 9.17) is 4.42 Å². The summed E-state index contributed by atoms with van der Waals surface area (Å²) in [5, 5.41) is 4.68. The minimum Gasteiger partial charge on any atom is -0.463 e. The van der Waals surface area contributed by atoms with Gasteiger partial charge in [-0.1, -0.05) is 0 Å². The van der Waals surface area contributed by atoms with Crippen LogP contribution in [0.5, 0.6) is 0 Å². The summed E-state index contributed by atoms with van der Waals surface area (Å²) in [5.74, 6) is 1.70. The Morgan fingerprint density at radius 2 is 2.18 bits per heavy atom. The highest BCUT2D eigenvalue weighted by molar-refractivity contribution is 5.99. The van der Waals surface area contributed by atoms with E-state index < -0.39 is 0 Å². The Morgan fingerprint density at radius 1 is 1.23 bits per heavy atom. The Balaban J connectivity index is 1.38. The van der Waals surface area contributed by atoms with Crippen molar-refractivity contribution in [1.29, 1.82) is 0 Å². The molecule has 4 heteroatoms. The van der Waals surface area contributed by atoms with Gasteiger partial charge in [-0.2, -0.15) is 0 Å². The molecule has 0 aromatic carbocycles. The van der Waals surface area contributed by atoms with Gasteiger partial charge in [-0.25, -0.2) is 4.98 Å². The molecule has 0 amide bonds. The highest BCUT2D eigenvalue weighted by Gasteiger charge is 2.49. The normalized spacial score (nSPS) is 36.6. The maximum Gasteiger partial charge on any atom is 0.184 e. The first kappa shape index (κ1) is 12.8. The van der Waals surface area contributed by atoms with Crippen molar-refractivity contribution < 1.29 is 9.21 Å². The fraction of sp³-hybridized carbons (Fsp3) is 0.556. The molecule has 1 saturated carbocycles. The summed E-state index contributed by atoms with van der Waals surface area (Å²) in [4.78, 5) is 17.2. The molecule has 1 aliphatic carbocycles. The van der Waals surface area contributed by atoms with E-state index in [1.807, 2.05) is 12.1 Å². The minimum atomic E-state index is 0.183. The van der Waals surface area contributed by atoms with Crippen molar-refractivity contribution in [2.45, 2.75) is 44.2 Å². The van der Waals surface area contributed by atoms with Gasteiger partial charge >= 0.3 is 0 Å². The van der Waals surface area contributed by atoms with Gasteiger partial charge in [0.15, 0.2) is 11.4 Å². The second-order valence-electron chi connectivity index (χ2n) is 7.19. The van der Waals surface area contributed by atoms with Crippen molar-refractivity contribution in [1.82, 2.24) is 10.3 Å². The van der Waals surface area contributed by atoms with Crippen LogP contribution >= 0.6 is 0 Å². The molecule has 0 radical (unpaired) electrons. The number of fused-ring (bicyclic) bond motifs is 3. The maximum atomic E-state index is 12.9. The number of rotatable bonds is 3. The van der Waals surface area contributed by atoms with Crippen molar-refractivity contribution >= 4 is 16.8 Å². The van der Waals surface area contributed by atoms with Gasteiger partial charge in [0.1, 0.15) is 5.69 Å². The number of pyridine rings is 1. The largest absolute Gasteiger partial charge is 0.463 e. The van der Waals surface area contributed by atoms with Crippen molar-refractivity contribution in [3.8, 4) is 0 Å².